The number of nitrogen functional groups attached to an aromatic ring is 1. The second kappa shape index (κ2) is 6.94. The highest BCUT2D eigenvalue weighted by atomic mass is 19.1. The van der Waals surface area contributed by atoms with Gasteiger partial charge in [-0.25, -0.2) is 4.39 Å². The van der Waals surface area contributed by atoms with Crippen molar-refractivity contribution in [3.8, 4) is 11.1 Å². The molecule has 3 aliphatic carbocycles. The summed E-state index contributed by atoms with van der Waals surface area (Å²) in [6, 6.07) is 8.81. The SMILES string of the molecule is CCC(Nc1nc(N)nc(C(C)(C)F)n1)C1CCC1.c1cc2ccc1-2. The highest BCUT2D eigenvalue weighted by Gasteiger charge is 2.28. The molecule has 1 saturated carbocycles. The first kappa shape index (κ1) is 17.6. The lowest BCUT2D eigenvalue weighted by Crippen LogP contribution is -2.34. The fourth-order valence-corrected chi connectivity index (χ4v) is 2.95. The van der Waals surface area contributed by atoms with E-state index in [1.54, 1.807) is 0 Å². The van der Waals surface area contributed by atoms with Gasteiger partial charge in [0.1, 0.15) is 0 Å². The summed E-state index contributed by atoms with van der Waals surface area (Å²) in [5, 5.41) is 3.28. The molecule has 25 heavy (non-hydrogen) atoms. The fraction of sp³-hybridized carbons (Fsp3) is 0.526. The number of nitrogens with one attached hydrogen (secondary N) is 1. The number of nitrogens with zero attached hydrogens (tertiary/aromatic N) is 3. The van der Waals surface area contributed by atoms with Gasteiger partial charge in [-0.15, -0.1) is 0 Å². The molecule has 1 aromatic rings. The van der Waals surface area contributed by atoms with Gasteiger partial charge in [0.15, 0.2) is 11.5 Å². The van der Waals surface area contributed by atoms with Crippen LogP contribution >= 0.6 is 0 Å². The zero-order chi connectivity index (χ0) is 18.0. The third kappa shape index (κ3) is 4.06. The number of halogens is 1. The molecule has 4 rings (SSSR count). The van der Waals surface area contributed by atoms with Gasteiger partial charge in [-0.05, 0) is 50.2 Å². The van der Waals surface area contributed by atoms with Crippen LogP contribution in [0.4, 0.5) is 16.3 Å². The van der Waals surface area contributed by atoms with Crippen LogP contribution in [0.1, 0.15) is 52.3 Å². The molecule has 3 aliphatic rings. The van der Waals surface area contributed by atoms with Crippen LogP contribution in [0.3, 0.4) is 0 Å². The lowest BCUT2D eigenvalue weighted by molar-refractivity contribution is 0.206. The minimum atomic E-state index is -1.62. The molecule has 0 spiro atoms. The largest absolute Gasteiger partial charge is 0.368 e. The van der Waals surface area contributed by atoms with Gasteiger partial charge >= 0.3 is 0 Å². The van der Waals surface area contributed by atoms with Crippen LogP contribution < -0.4 is 11.1 Å². The number of alkyl halides is 1. The Hall–Kier alpha value is -2.24. The van der Waals surface area contributed by atoms with E-state index >= 15 is 0 Å². The van der Waals surface area contributed by atoms with Gasteiger partial charge in [0, 0.05) is 6.04 Å². The maximum atomic E-state index is 13.9. The predicted octanol–water partition coefficient (Wildman–Crippen LogP) is 4.32. The van der Waals surface area contributed by atoms with Crippen molar-refractivity contribution in [1.82, 2.24) is 15.0 Å². The molecule has 0 amide bonds. The molecule has 1 atom stereocenters. The highest BCUT2D eigenvalue weighted by Crippen LogP contribution is 2.32. The lowest BCUT2D eigenvalue weighted by Gasteiger charge is -2.33. The summed E-state index contributed by atoms with van der Waals surface area (Å²) in [5.74, 6) is 1.17. The van der Waals surface area contributed by atoms with Crippen molar-refractivity contribution in [3.05, 3.63) is 30.1 Å². The van der Waals surface area contributed by atoms with E-state index in [-0.39, 0.29) is 11.8 Å². The summed E-state index contributed by atoms with van der Waals surface area (Å²) in [4.78, 5) is 12.1. The van der Waals surface area contributed by atoms with Gasteiger partial charge in [-0.3, -0.25) is 0 Å². The zero-order valence-electron chi connectivity index (χ0n) is 15.1. The molecular weight excluding hydrogens is 317 g/mol. The van der Waals surface area contributed by atoms with Crippen LogP contribution in [0.15, 0.2) is 24.3 Å². The molecule has 1 fully saturated rings. The second-order valence-corrected chi connectivity index (χ2v) is 7.24. The number of benzene rings is 1. The third-order valence-corrected chi connectivity index (χ3v) is 4.88. The van der Waals surface area contributed by atoms with E-state index in [1.165, 1.54) is 44.2 Å². The molecule has 1 heterocycles. The first-order valence-corrected chi connectivity index (χ1v) is 8.94. The van der Waals surface area contributed by atoms with Crippen molar-refractivity contribution in [1.29, 1.82) is 0 Å². The molecule has 0 saturated heterocycles. The molecule has 0 bridgehead atoms. The Balaban J connectivity index is 0.000000250. The number of nitrogens with two attached hydrogens (primary N) is 1. The number of fused-ring (bicyclic) bond motifs is 1. The lowest BCUT2D eigenvalue weighted by atomic mass is 9.79. The van der Waals surface area contributed by atoms with Crippen LogP contribution in [0.25, 0.3) is 11.1 Å². The summed E-state index contributed by atoms with van der Waals surface area (Å²) in [6.07, 6.45) is 4.73. The molecule has 0 radical (unpaired) electrons. The summed E-state index contributed by atoms with van der Waals surface area (Å²) >= 11 is 0. The van der Waals surface area contributed by atoms with Crippen molar-refractivity contribution in [2.24, 2.45) is 5.92 Å². The first-order valence-electron chi connectivity index (χ1n) is 8.94. The average molecular weight is 343 g/mol. The molecule has 1 unspecified atom stereocenters. The number of hydrogen-bond acceptors (Lipinski definition) is 5. The average Bonchev–Trinajstić information content (AvgIpc) is 2.47. The van der Waals surface area contributed by atoms with Gasteiger partial charge in [0.2, 0.25) is 11.9 Å². The Bertz CT molecular complexity index is 699. The van der Waals surface area contributed by atoms with Crippen molar-refractivity contribution in [2.75, 3.05) is 11.1 Å². The van der Waals surface area contributed by atoms with Crippen molar-refractivity contribution in [2.45, 2.75) is 58.2 Å². The van der Waals surface area contributed by atoms with Crippen molar-refractivity contribution < 1.29 is 4.39 Å². The van der Waals surface area contributed by atoms with Crippen LogP contribution in [0.2, 0.25) is 0 Å². The van der Waals surface area contributed by atoms with Crippen molar-refractivity contribution >= 4 is 11.9 Å². The number of anilines is 2. The first-order chi connectivity index (χ1) is 11.9. The van der Waals surface area contributed by atoms with E-state index < -0.39 is 5.67 Å². The standard InChI is InChI=1S/C13H22FN5.C6H4/c1-4-9(8-6-5-7-8)16-12-18-10(13(2,3)14)17-11(15)19-12;1-2-6-4-3-5(1)6/h8-9H,4-7H2,1-3H3,(H3,15,16,17,18,19);1-4H. The molecule has 6 heteroatoms. The number of hydrogen-bond donors (Lipinski definition) is 2. The van der Waals surface area contributed by atoms with E-state index in [4.69, 9.17) is 5.73 Å². The molecule has 0 aromatic carbocycles. The molecule has 134 valence electrons. The minimum absolute atomic E-state index is 0.0571. The Morgan fingerprint density at radius 1 is 1.16 bits per heavy atom. The van der Waals surface area contributed by atoms with Crippen LogP contribution in [0.5, 0.6) is 0 Å². The fourth-order valence-electron chi connectivity index (χ4n) is 2.95. The van der Waals surface area contributed by atoms with E-state index in [2.05, 4.69) is 51.5 Å². The Labute approximate surface area is 148 Å². The smallest absolute Gasteiger partial charge is 0.228 e. The molecule has 1 aromatic heterocycles. The Kier molecular flexibility index (Phi) is 4.88. The molecule has 3 N–H and O–H groups in total. The van der Waals surface area contributed by atoms with Gasteiger partial charge in [-0.2, -0.15) is 15.0 Å². The summed E-state index contributed by atoms with van der Waals surface area (Å²) in [7, 11) is 0. The summed E-state index contributed by atoms with van der Waals surface area (Å²) in [5.41, 5.74) is 6.86. The predicted molar refractivity (Wildman–Crippen MR) is 98.9 cm³/mol. The maximum Gasteiger partial charge on any atom is 0.228 e. The Morgan fingerprint density at radius 3 is 2.12 bits per heavy atom. The molecular formula is C19H26FN5. The normalized spacial score (nSPS) is 16.3. The quantitative estimate of drug-likeness (QED) is 0.721. The van der Waals surface area contributed by atoms with Crippen LogP contribution in [-0.2, 0) is 5.67 Å². The van der Waals surface area contributed by atoms with E-state index in [1.807, 2.05) is 0 Å². The second-order valence-electron chi connectivity index (χ2n) is 7.24. The molecule has 5 nitrogen and oxygen atoms in total. The van der Waals surface area contributed by atoms with Gasteiger partial charge in [0.05, 0.1) is 0 Å². The van der Waals surface area contributed by atoms with E-state index in [0.717, 1.165) is 6.42 Å². The van der Waals surface area contributed by atoms with Crippen LogP contribution in [0, 0.1) is 5.92 Å². The molecule has 0 aliphatic heterocycles. The maximum absolute atomic E-state index is 13.9. The third-order valence-electron chi connectivity index (χ3n) is 4.88. The van der Waals surface area contributed by atoms with E-state index in [0.29, 0.717) is 17.9 Å². The topological polar surface area (TPSA) is 76.7 Å². The highest BCUT2D eigenvalue weighted by molar-refractivity contribution is 5.75. The zero-order valence-corrected chi connectivity index (χ0v) is 15.1. The van der Waals surface area contributed by atoms with Gasteiger partial charge in [-0.1, -0.05) is 37.6 Å². The number of rotatable bonds is 5. The van der Waals surface area contributed by atoms with Gasteiger partial charge in [0.25, 0.3) is 0 Å². The number of aromatic nitrogens is 3. The van der Waals surface area contributed by atoms with Crippen molar-refractivity contribution in [3.63, 3.8) is 0 Å². The summed E-state index contributed by atoms with van der Waals surface area (Å²) < 4.78 is 13.9. The van der Waals surface area contributed by atoms with Crippen LogP contribution in [-0.4, -0.2) is 21.0 Å². The summed E-state index contributed by atoms with van der Waals surface area (Å²) in [6.45, 7) is 4.95. The monoisotopic (exact) mass is 343 g/mol. The van der Waals surface area contributed by atoms with E-state index in [9.17, 15) is 4.39 Å². The van der Waals surface area contributed by atoms with Gasteiger partial charge < -0.3 is 11.1 Å². The minimum Gasteiger partial charge on any atom is -0.368 e. The Morgan fingerprint density at radius 2 is 1.76 bits per heavy atom.